The van der Waals surface area contributed by atoms with Crippen LogP contribution in [0.4, 0.5) is 5.13 Å². The molecule has 1 saturated heterocycles. The fraction of sp³-hybridized carbons (Fsp3) is 0.550. The smallest absolute Gasteiger partial charge is 0.214 e. The van der Waals surface area contributed by atoms with Gasteiger partial charge in [0.2, 0.25) is 16.0 Å². The highest BCUT2D eigenvalue weighted by Crippen LogP contribution is 2.27. The Labute approximate surface area is 174 Å². The zero-order valence-corrected chi connectivity index (χ0v) is 17.8. The number of fused-ring (bicyclic) bond motifs is 1. The van der Waals surface area contributed by atoms with Gasteiger partial charge in [-0.15, -0.1) is 5.10 Å². The summed E-state index contributed by atoms with van der Waals surface area (Å²) < 4.78 is 13.0. The van der Waals surface area contributed by atoms with Crippen molar-refractivity contribution in [3.63, 3.8) is 0 Å². The number of nitrogens with zero attached hydrogens (tertiary/aromatic N) is 5. The van der Waals surface area contributed by atoms with Gasteiger partial charge in [0, 0.05) is 44.1 Å². The quantitative estimate of drug-likeness (QED) is 0.537. The van der Waals surface area contributed by atoms with Crippen LogP contribution in [0.15, 0.2) is 24.5 Å². The monoisotopic (exact) mass is 416 g/mol. The molecule has 0 unspecified atom stereocenters. The first-order valence-corrected chi connectivity index (χ1v) is 10.9. The van der Waals surface area contributed by atoms with E-state index in [0.29, 0.717) is 18.4 Å². The second kappa shape index (κ2) is 9.51. The second-order valence-corrected chi connectivity index (χ2v) is 8.53. The summed E-state index contributed by atoms with van der Waals surface area (Å²) in [6.45, 7) is 4.31. The van der Waals surface area contributed by atoms with Crippen LogP contribution >= 0.6 is 11.3 Å². The minimum Gasteiger partial charge on any atom is -0.478 e. The predicted molar refractivity (Wildman–Crippen MR) is 115 cm³/mol. The highest BCUT2D eigenvalue weighted by Gasteiger charge is 2.16. The molecule has 3 aromatic heterocycles. The average Bonchev–Trinajstić information content (AvgIpc) is 3.31. The van der Waals surface area contributed by atoms with Crippen molar-refractivity contribution in [3.05, 3.63) is 24.5 Å². The van der Waals surface area contributed by atoms with E-state index in [1.165, 1.54) is 0 Å². The summed E-state index contributed by atoms with van der Waals surface area (Å²) in [5, 5.41) is 9.06. The molecular weight excluding hydrogens is 388 g/mol. The molecule has 1 fully saturated rings. The van der Waals surface area contributed by atoms with Crippen LogP contribution in [-0.4, -0.2) is 71.5 Å². The van der Waals surface area contributed by atoms with Gasteiger partial charge in [-0.1, -0.05) is 11.3 Å². The Morgan fingerprint density at radius 1 is 1.24 bits per heavy atom. The summed E-state index contributed by atoms with van der Waals surface area (Å²) in [5.74, 6) is 1.29. The fourth-order valence-corrected chi connectivity index (χ4v) is 4.10. The summed E-state index contributed by atoms with van der Waals surface area (Å²) in [7, 11) is 4.12. The molecule has 0 spiro atoms. The molecule has 4 heterocycles. The number of hydrogen-bond donors (Lipinski definition) is 1. The number of pyridine rings is 1. The molecular formula is C20H28N6O2S. The van der Waals surface area contributed by atoms with Gasteiger partial charge in [0.25, 0.3) is 0 Å². The number of aromatic nitrogens is 4. The minimum atomic E-state index is 0.644. The Bertz CT molecular complexity index is 901. The lowest BCUT2D eigenvalue weighted by Crippen LogP contribution is -2.22. The van der Waals surface area contributed by atoms with Crippen LogP contribution < -0.4 is 10.1 Å². The van der Waals surface area contributed by atoms with Crippen molar-refractivity contribution in [3.8, 4) is 17.1 Å². The lowest BCUT2D eigenvalue weighted by molar-refractivity contribution is 0.0699. The largest absolute Gasteiger partial charge is 0.478 e. The normalized spacial score (nSPS) is 15.3. The Balaban J connectivity index is 1.37. The van der Waals surface area contributed by atoms with E-state index in [1.54, 1.807) is 11.3 Å². The molecule has 0 radical (unpaired) electrons. The molecule has 1 aliphatic rings. The SMILES string of the molecule is CN(C)CCCOc1ccc(-c2cnc3sc(NCC4CCOCC4)nn23)cn1. The van der Waals surface area contributed by atoms with Crippen LogP contribution in [0, 0.1) is 5.92 Å². The lowest BCUT2D eigenvalue weighted by Gasteiger charge is -2.21. The number of hydrogen-bond acceptors (Lipinski definition) is 8. The molecule has 0 aromatic carbocycles. The van der Waals surface area contributed by atoms with Crippen LogP contribution in [0.25, 0.3) is 16.2 Å². The van der Waals surface area contributed by atoms with Gasteiger partial charge in [-0.05, 0) is 45.3 Å². The Morgan fingerprint density at radius 3 is 2.86 bits per heavy atom. The second-order valence-electron chi connectivity index (χ2n) is 7.57. The molecule has 0 saturated carbocycles. The van der Waals surface area contributed by atoms with Gasteiger partial charge in [0.1, 0.15) is 0 Å². The summed E-state index contributed by atoms with van der Waals surface area (Å²) in [4.78, 5) is 12.0. The maximum Gasteiger partial charge on any atom is 0.214 e. The molecule has 1 aliphatic heterocycles. The topological polar surface area (TPSA) is 76.8 Å². The van der Waals surface area contributed by atoms with Crippen LogP contribution in [0.1, 0.15) is 19.3 Å². The molecule has 4 rings (SSSR count). The van der Waals surface area contributed by atoms with E-state index in [1.807, 2.05) is 29.0 Å². The van der Waals surface area contributed by atoms with Gasteiger partial charge < -0.3 is 19.7 Å². The van der Waals surface area contributed by atoms with E-state index < -0.39 is 0 Å². The van der Waals surface area contributed by atoms with Gasteiger partial charge in [0.05, 0.1) is 18.5 Å². The Kier molecular flexibility index (Phi) is 6.58. The molecule has 1 N–H and O–H groups in total. The number of imidazole rings is 1. The van der Waals surface area contributed by atoms with E-state index in [9.17, 15) is 0 Å². The number of anilines is 1. The lowest BCUT2D eigenvalue weighted by atomic mass is 10.0. The Morgan fingerprint density at radius 2 is 2.10 bits per heavy atom. The summed E-state index contributed by atoms with van der Waals surface area (Å²) in [5.41, 5.74) is 1.90. The van der Waals surface area contributed by atoms with Gasteiger partial charge in [0.15, 0.2) is 0 Å². The maximum absolute atomic E-state index is 5.72. The van der Waals surface area contributed by atoms with Crippen molar-refractivity contribution in [2.45, 2.75) is 19.3 Å². The zero-order valence-electron chi connectivity index (χ0n) is 17.0. The third-order valence-electron chi connectivity index (χ3n) is 5.00. The molecule has 156 valence electrons. The van der Waals surface area contributed by atoms with Crippen LogP contribution in [0.5, 0.6) is 5.88 Å². The predicted octanol–water partition coefficient (Wildman–Crippen LogP) is 3.02. The van der Waals surface area contributed by atoms with Crippen LogP contribution in [0.2, 0.25) is 0 Å². The van der Waals surface area contributed by atoms with Crippen LogP contribution in [0.3, 0.4) is 0 Å². The average molecular weight is 417 g/mol. The first-order valence-electron chi connectivity index (χ1n) is 10.1. The molecule has 0 aliphatic carbocycles. The van der Waals surface area contributed by atoms with Crippen molar-refractivity contribution in [1.29, 1.82) is 0 Å². The maximum atomic E-state index is 5.72. The number of ether oxygens (including phenoxy) is 2. The Hall–Kier alpha value is -2.23. The molecule has 3 aromatic rings. The highest BCUT2D eigenvalue weighted by molar-refractivity contribution is 7.20. The molecule has 0 amide bonds. The highest BCUT2D eigenvalue weighted by atomic mass is 32.1. The zero-order chi connectivity index (χ0) is 20.1. The van der Waals surface area contributed by atoms with E-state index in [-0.39, 0.29) is 0 Å². The van der Waals surface area contributed by atoms with E-state index in [4.69, 9.17) is 14.6 Å². The first kappa shape index (κ1) is 20.1. The summed E-state index contributed by atoms with van der Waals surface area (Å²) in [6, 6.07) is 3.91. The van der Waals surface area contributed by atoms with Gasteiger partial charge in [-0.25, -0.2) is 14.5 Å². The minimum absolute atomic E-state index is 0.644. The summed E-state index contributed by atoms with van der Waals surface area (Å²) >= 11 is 1.57. The van der Waals surface area contributed by atoms with Gasteiger partial charge in [-0.3, -0.25) is 0 Å². The fourth-order valence-electron chi connectivity index (χ4n) is 3.32. The first-order chi connectivity index (χ1) is 14.2. The van der Waals surface area contributed by atoms with Crippen molar-refractivity contribution in [2.75, 3.05) is 52.3 Å². The van der Waals surface area contributed by atoms with E-state index >= 15 is 0 Å². The molecule has 8 nitrogen and oxygen atoms in total. The molecule has 9 heteroatoms. The van der Waals surface area contributed by atoms with Gasteiger partial charge in [-0.2, -0.15) is 0 Å². The molecule has 0 atom stereocenters. The van der Waals surface area contributed by atoms with Crippen LogP contribution in [-0.2, 0) is 4.74 Å². The number of nitrogens with one attached hydrogen (secondary N) is 1. The van der Waals surface area contributed by atoms with Crippen molar-refractivity contribution >= 4 is 21.4 Å². The van der Waals surface area contributed by atoms with Crippen molar-refractivity contribution in [2.24, 2.45) is 5.92 Å². The molecule has 0 bridgehead atoms. The summed E-state index contributed by atoms with van der Waals surface area (Å²) in [6.07, 6.45) is 6.85. The van der Waals surface area contributed by atoms with E-state index in [0.717, 1.165) is 66.9 Å². The van der Waals surface area contributed by atoms with Crippen molar-refractivity contribution in [1.82, 2.24) is 24.5 Å². The third kappa shape index (κ3) is 5.23. The van der Waals surface area contributed by atoms with Gasteiger partial charge >= 0.3 is 0 Å². The molecule has 29 heavy (non-hydrogen) atoms. The third-order valence-corrected chi connectivity index (χ3v) is 5.88. The number of rotatable bonds is 9. The van der Waals surface area contributed by atoms with E-state index in [2.05, 4.69) is 34.3 Å². The van der Waals surface area contributed by atoms with Crippen molar-refractivity contribution < 1.29 is 9.47 Å². The standard InChI is InChI=1S/C20H28N6O2S/c1-25(2)8-3-9-28-18-5-4-16(13-21-18)17-14-23-20-26(17)24-19(29-20)22-12-15-6-10-27-11-7-15/h4-5,13-15H,3,6-12H2,1-2H3,(H,22,24).